The molecule has 0 aromatic carbocycles. The van der Waals surface area contributed by atoms with Crippen molar-refractivity contribution in [1.29, 1.82) is 0 Å². The van der Waals surface area contributed by atoms with E-state index in [4.69, 9.17) is 9.47 Å². The van der Waals surface area contributed by atoms with Gasteiger partial charge < -0.3 is 9.47 Å². The number of hydrogen-bond donors (Lipinski definition) is 0. The van der Waals surface area contributed by atoms with Crippen LogP contribution in [0.1, 0.15) is 36.2 Å². The summed E-state index contributed by atoms with van der Waals surface area (Å²) < 4.78 is 13.0. The molecule has 2 aliphatic heterocycles. The zero-order chi connectivity index (χ0) is 13.3. The van der Waals surface area contributed by atoms with Crippen molar-refractivity contribution >= 4 is 5.78 Å². The van der Waals surface area contributed by atoms with Crippen molar-refractivity contribution in [3.63, 3.8) is 0 Å². The van der Waals surface area contributed by atoms with Gasteiger partial charge in [-0.25, -0.2) is 0 Å². The summed E-state index contributed by atoms with van der Waals surface area (Å²) >= 11 is 0. The number of aromatic nitrogens is 2. The van der Waals surface area contributed by atoms with Gasteiger partial charge in [0.15, 0.2) is 5.78 Å². The molecule has 2 aliphatic rings. The molecule has 0 aliphatic carbocycles. The molecule has 1 aromatic rings. The largest absolute Gasteiger partial charge is 0.381 e. The predicted molar refractivity (Wildman–Crippen MR) is 69.0 cm³/mol. The van der Waals surface area contributed by atoms with Gasteiger partial charge in [0.25, 0.3) is 0 Å². The summed E-state index contributed by atoms with van der Waals surface area (Å²) in [5.74, 6) is 0.205. The van der Waals surface area contributed by atoms with Gasteiger partial charge in [-0.1, -0.05) is 0 Å². The van der Waals surface area contributed by atoms with Gasteiger partial charge in [-0.15, -0.1) is 0 Å². The number of nitrogens with zero attached hydrogens (tertiary/aromatic N) is 2. The predicted octanol–water partition coefficient (Wildman–Crippen LogP) is 1.58. The van der Waals surface area contributed by atoms with Crippen LogP contribution in [-0.4, -0.2) is 41.0 Å². The Morgan fingerprint density at radius 1 is 1.42 bits per heavy atom. The number of carbonyl (C=O) groups excluding carboxylic acids is 1. The van der Waals surface area contributed by atoms with Crippen molar-refractivity contribution in [2.24, 2.45) is 13.0 Å². The van der Waals surface area contributed by atoms with E-state index in [0.29, 0.717) is 12.3 Å². The molecule has 5 heteroatoms. The molecule has 19 heavy (non-hydrogen) atoms. The molecule has 0 bridgehead atoms. The van der Waals surface area contributed by atoms with Crippen LogP contribution in [0.3, 0.4) is 0 Å². The molecule has 3 heterocycles. The molecule has 2 saturated heterocycles. The van der Waals surface area contributed by atoms with Crippen molar-refractivity contribution in [1.82, 2.24) is 9.78 Å². The Balaban J connectivity index is 1.72. The summed E-state index contributed by atoms with van der Waals surface area (Å²) in [6, 6.07) is 1.80. The minimum atomic E-state index is -0.133. The lowest BCUT2D eigenvalue weighted by Crippen LogP contribution is -2.46. The third kappa shape index (κ3) is 2.58. The average molecular weight is 264 g/mol. The van der Waals surface area contributed by atoms with Gasteiger partial charge in [0, 0.05) is 39.0 Å². The highest BCUT2D eigenvalue weighted by Crippen LogP contribution is 2.38. The van der Waals surface area contributed by atoms with Gasteiger partial charge in [0.2, 0.25) is 0 Å². The molecule has 1 spiro atoms. The fraction of sp³-hybridized carbons (Fsp3) is 0.714. The van der Waals surface area contributed by atoms with E-state index in [1.54, 1.807) is 10.7 Å². The lowest BCUT2D eigenvalue weighted by atomic mass is 9.78. The summed E-state index contributed by atoms with van der Waals surface area (Å²) in [6.07, 6.45) is 5.23. The number of ketones is 1. The number of rotatable bonds is 2. The fourth-order valence-corrected chi connectivity index (χ4v) is 3.10. The zero-order valence-electron chi connectivity index (χ0n) is 11.3. The highest BCUT2D eigenvalue weighted by atomic mass is 16.5. The smallest absolute Gasteiger partial charge is 0.186 e. The van der Waals surface area contributed by atoms with Gasteiger partial charge in [0.1, 0.15) is 5.69 Å². The number of carbonyl (C=O) groups is 1. The van der Waals surface area contributed by atoms with Crippen LogP contribution in [0.15, 0.2) is 12.3 Å². The third-order valence-corrected chi connectivity index (χ3v) is 4.23. The number of ether oxygens (including phenoxy) is 2. The van der Waals surface area contributed by atoms with Crippen molar-refractivity contribution in [3.8, 4) is 0 Å². The van der Waals surface area contributed by atoms with Crippen molar-refractivity contribution < 1.29 is 14.3 Å². The second-order valence-corrected chi connectivity index (χ2v) is 5.57. The lowest BCUT2D eigenvalue weighted by Gasteiger charge is -2.42. The normalized spacial score (nSPS) is 26.5. The van der Waals surface area contributed by atoms with E-state index in [0.717, 1.165) is 38.9 Å². The first-order chi connectivity index (χ1) is 9.19. The highest BCUT2D eigenvalue weighted by molar-refractivity contribution is 5.96. The Morgan fingerprint density at radius 3 is 2.89 bits per heavy atom. The zero-order valence-corrected chi connectivity index (χ0v) is 11.3. The fourth-order valence-electron chi connectivity index (χ4n) is 3.10. The summed E-state index contributed by atoms with van der Waals surface area (Å²) in [7, 11) is 1.83. The summed E-state index contributed by atoms with van der Waals surface area (Å²) in [6.45, 7) is 2.15. The van der Waals surface area contributed by atoms with Gasteiger partial charge in [0.05, 0.1) is 5.60 Å². The van der Waals surface area contributed by atoms with Gasteiger partial charge in [-0.05, 0) is 31.7 Å². The molecule has 0 saturated carbocycles. The molecule has 3 rings (SSSR count). The van der Waals surface area contributed by atoms with Crippen molar-refractivity contribution in [2.45, 2.75) is 31.3 Å². The van der Waals surface area contributed by atoms with Crippen LogP contribution in [0.5, 0.6) is 0 Å². The number of hydrogen-bond acceptors (Lipinski definition) is 4. The molecule has 0 N–H and O–H groups in total. The quantitative estimate of drug-likeness (QED) is 0.761. The van der Waals surface area contributed by atoms with E-state index in [1.807, 2.05) is 13.2 Å². The van der Waals surface area contributed by atoms with E-state index < -0.39 is 0 Å². The standard InChI is InChI=1S/C14H20N2O3/c1-16-6-2-12(15-16)13(17)11-3-7-19-14(10-11)4-8-18-9-5-14/h2,6,11H,3-5,7-10H2,1H3. The second-order valence-electron chi connectivity index (χ2n) is 5.57. The average Bonchev–Trinajstić information content (AvgIpc) is 2.85. The number of Topliss-reactive ketones (excluding diaryl/α,β-unsaturated/α-hetero) is 1. The van der Waals surface area contributed by atoms with Crippen LogP contribution in [0.4, 0.5) is 0 Å². The van der Waals surface area contributed by atoms with Gasteiger partial charge >= 0.3 is 0 Å². The van der Waals surface area contributed by atoms with Crippen LogP contribution < -0.4 is 0 Å². The van der Waals surface area contributed by atoms with Crippen LogP contribution in [-0.2, 0) is 16.5 Å². The van der Waals surface area contributed by atoms with E-state index >= 15 is 0 Å². The Hall–Kier alpha value is -1.20. The second kappa shape index (κ2) is 5.06. The Labute approximate surface area is 112 Å². The maximum Gasteiger partial charge on any atom is 0.186 e. The third-order valence-electron chi connectivity index (χ3n) is 4.23. The molecule has 1 aromatic heterocycles. The Kier molecular flexibility index (Phi) is 3.41. The molecule has 1 atom stereocenters. The first-order valence-corrected chi connectivity index (χ1v) is 6.94. The van der Waals surface area contributed by atoms with E-state index in [-0.39, 0.29) is 17.3 Å². The minimum absolute atomic E-state index is 0.0433. The first kappa shape index (κ1) is 12.8. The van der Waals surface area contributed by atoms with Gasteiger partial charge in [-0.3, -0.25) is 9.48 Å². The highest BCUT2D eigenvalue weighted by Gasteiger charge is 2.41. The lowest BCUT2D eigenvalue weighted by molar-refractivity contribution is -0.142. The monoisotopic (exact) mass is 264 g/mol. The van der Waals surface area contributed by atoms with Crippen LogP contribution >= 0.6 is 0 Å². The molecule has 2 fully saturated rings. The summed E-state index contributed by atoms with van der Waals surface area (Å²) in [5, 5.41) is 4.22. The minimum Gasteiger partial charge on any atom is -0.381 e. The maximum atomic E-state index is 12.5. The van der Waals surface area contributed by atoms with Crippen LogP contribution in [0.25, 0.3) is 0 Å². The molecule has 5 nitrogen and oxygen atoms in total. The summed E-state index contributed by atoms with van der Waals surface area (Å²) in [5.41, 5.74) is 0.447. The molecule has 0 amide bonds. The molecular formula is C14H20N2O3. The maximum absolute atomic E-state index is 12.5. The molecule has 1 unspecified atom stereocenters. The van der Waals surface area contributed by atoms with E-state index in [2.05, 4.69) is 5.10 Å². The van der Waals surface area contributed by atoms with E-state index in [9.17, 15) is 4.79 Å². The summed E-state index contributed by atoms with van der Waals surface area (Å²) in [4.78, 5) is 12.5. The van der Waals surface area contributed by atoms with Gasteiger partial charge in [-0.2, -0.15) is 5.10 Å². The van der Waals surface area contributed by atoms with Crippen LogP contribution in [0.2, 0.25) is 0 Å². The molecule has 0 radical (unpaired) electrons. The first-order valence-electron chi connectivity index (χ1n) is 6.94. The van der Waals surface area contributed by atoms with Crippen LogP contribution in [0, 0.1) is 5.92 Å². The molecule has 104 valence electrons. The topological polar surface area (TPSA) is 53.4 Å². The van der Waals surface area contributed by atoms with E-state index in [1.165, 1.54) is 0 Å². The van der Waals surface area contributed by atoms with Crippen molar-refractivity contribution in [2.75, 3.05) is 19.8 Å². The van der Waals surface area contributed by atoms with Crippen molar-refractivity contribution in [3.05, 3.63) is 18.0 Å². The molecular weight excluding hydrogens is 244 g/mol. The Morgan fingerprint density at radius 2 is 2.21 bits per heavy atom. The SMILES string of the molecule is Cn1ccc(C(=O)C2CCOC3(CCOCC3)C2)n1. The Bertz CT molecular complexity index is 458. The number of aryl methyl sites for hydroxylation is 1.